The third-order valence-electron chi connectivity index (χ3n) is 3.45. The van der Waals surface area contributed by atoms with Crippen molar-refractivity contribution in [1.29, 1.82) is 0 Å². The molecular formula is C14H25BN2O3. The first-order chi connectivity index (χ1) is 9.09. The maximum absolute atomic E-state index is 5.90. The quantitative estimate of drug-likeness (QED) is 0.477. The minimum Gasteiger partial charge on any atom is -0.475 e. The van der Waals surface area contributed by atoms with Gasteiger partial charge in [-0.15, -0.1) is 0 Å². The summed E-state index contributed by atoms with van der Waals surface area (Å²) >= 11 is 0. The summed E-state index contributed by atoms with van der Waals surface area (Å²) in [5.41, 5.74) is 5.45. The van der Waals surface area contributed by atoms with E-state index in [1.165, 1.54) is 6.20 Å². The lowest BCUT2D eigenvalue weighted by atomic mass is 9.79. The van der Waals surface area contributed by atoms with E-state index in [0.717, 1.165) is 0 Å². The molecule has 5 nitrogen and oxygen atoms in total. The van der Waals surface area contributed by atoms with Gasteiger partial charge in [0.25, 0.3) is 0 Å². The Kier molecular flexibility index (Phi) is 5.05. The lowest BCUT2D eigenvalue weighted by molar-refractivity contribution is 0.00578. The van der Waals surface area contributed by atoms with Crippen molar-refractivity contribution in [2.24, 2.45) is 10.7 Å². The number of hydrogen-bond donors (Lipinski definition) is 1. The fourth-order valence-corrected chi connectivity index (χ4v) is 1.61. The van der Waals surface area contributed by atoms with Gasteiger partial charge in [0.15, 0.2) is 0 Å². The molecule has 1 fully saturated rings. The summed E-state index contributed by atoms with van der Waals surface area (Å²) in [6.45, 7) is 15.5. The van der Waals surface area contributed by atoms with Crippen LogP contribution in [0.3, 0.4) is 0 Å². The van der Waals surface area contributed by atoms with Gasteiger partial charge in [-0.1, -0.05) is 0 Å². The fraction of sp³-hybridized carbons (Fsp3) is 0.643. The smallest absolute Gasteiger partial charge is 0.475 e. The second-order valence-corrected chi connectivity index (χ2v) is 6.07. The van der Waals surface area contributed by atoms with Gasteiger partial charge in [0.2, 0.25) is 5.88 Å². The molecule has 1 heterocycles. The first-order valence-electron chi connectivity index (χ1n) is 6.76. The number of nitrogens with two attached hydrogens (primary N) is 1. The van der Waals surface area contributed by atoms with Crippen LogP contribution in [0.2, 0.25) is 0 Å². The van der Waals surface area contributed by atoms with Gasteiger partial charge in [-0.05, 0) is 54.3 Å². The van der Waals surface area contributed by atoms with E-state index >= 15 is 0 Å². The van der Waals surface area contributed by atoms with Crippen LogP contribution >= 0.6 is 0 Å². The molecule has 0 radical (unpaired) electrons. The molecule has 2 N–H and O–H groups in total. The molecule has 1 rings (SSSR count). The minimum atomic E-state index is -0.541. The molecule has 0 aromatic carbocycles. The van der Waals surface area contributed by atoms with Gasteiger partial charge in [-0.3, -0.25) is 0 Å². The number of nitrogens with zero attached hydrogens (tertiary/aromatic N) is 1. The van der Waals surface area contributed by atoms with Crippen molar-refractivity contribution in [2.45, 2.75) is 58.8 Å². The molecule has 0 aromatic rings. The maximum Gasteiger partial charge on any atom is 0.497 e. The van der Waals surface area contributed by atoms with E-state index in [1.807, 2.05) is 41.5 Å². The van der Waals surface area contributed by atoms with Crippen LogP contribution in [0.25, 0.3) is 0 Å². The van der Waals surface area contributed by atoms with Gasteiger partial charge in [0, 0.05) is 11.7 Å². The van der Waals surface area contributed by atoms with Gasteiger partial charge in [0.05, 0.1) is 17.3 Å². The number of ether oxygens (including phenoxy) is 1. The van der Waals surface area contributed by atoms with Crippen molar-refractivity contribution in [1.82, 2.24) is 0 Å². The molecule has 0 aromatic heterocycles. The Morgan fingerprint density at radius 1 is 1.25 bits per heavy atom. The molecule has 0 saturated carbocycles. The Bertz CT molecular complexity index is 412. The molecule has 0 aliphatic carbocycles. The second-order valence-electron chi connectivity index (χ2n) is 6.07. The SMILES string of the molecule is C=C(N=C/C(=C\N)B1OC(C)(C)C(C)(C)O1)OC(C)C. The summed E-state index contributed by atoms with van der Waals surface area (Å²) in [6, 6.07) is 0. The molecule has 0 unspecified atom stereocenters. The van der Waals surface area contributed by atoms with Crippen molar-refractivity contribution in [3.05, 3.63) is 24.1 Å². The zero-order chi connectivity index (χ0) is 15.6. The van der Waals surface area contributed by atoms with Crippen LogP contribution < -0.4 is 5.73 Å². The third kappa shape index (κ3) is 3.87. The van der Waals surface area contributed by atoms with Crippen molar-refractivity contribution in [3.8, 4) is 0 Å². The lowest BCUT2D eigenvalue weighted by Crippen LogP contribution is -2.41. The van der Waals surface area contributed by atoms with E-state index in [4.69, 9.17) is 19.8 Å². The highest BCUT2D eigenvalue weighted by atomic mass is 16.7. The average Bonchev–Trinajstić information content (AvgIpc) is 2.47. The summed E-state index contributed by atoms with van der Waals surface area (Å²) in [5, 5.41) is 0. The van der Waals surface area contributed by atoms with Gasteiger partial charge < -0.3 is 19.8 Å². The van der Waals surface area contributed by atoms with E-state index in [1.54, 1.807) is 6.21 Å². The Morgan fingerprint density at radius 3 is 2.15 bits per heavy atom. The van der Waals surface area contributed by atoms with Gasteiger partial charge in [-0.2, -0.15) is 0 Å². The number of allylic oxidation sites excluding steroid dienone is 1. The van der Waals surface area contributed by atoms with Crippen LogP contribution in [-0.2, 0) is 14.0 Å². The Balaban J connectivity index is 2.75. The summed E-state index contributed by atoms with van der Waals surface area (Å²) < 4.78 is 17.1. The van der Waals surface area contributed by atoms with Crippen molar-refractivity contribution >= 4 is 13.3 Å². The molecule has 0 bridgehead atoms. The standard InChI is InChI=1S/C14H25BN2O3/c1-10(2)18-11(3)17-9-12(8-16)15-19-13(4,5)14(6,7)20-15/h8-10H,3,16H2,1-2,4-7H3/b12-8+,17-9?. The Morgan fingerprint density at radius 2 is 1.75 bits per heavy atom. The Hall–Kier alpha value is -1.27. The molecule has 0 spiro atoms. The molecule has 20 heavy (non-hydrogen) atoms. The number of rotatable bonds is 5. The highest BCUT2D eigenvalue weighted by Gasteiger charge is 2.52. The van der Waals surface area contributed by atoms with Gasteiger partial charge >= 0.3 is 7.12 Å². The largest absolute Gasteiger partial charge is 0.497 e. The lowest BCUT2D eigenvalue weighted by Gasteiger charge is -2.32. The van der Waals surface area contributed by atoms with Crippen molar-refractivity contribution in [2.75, 3.05) is 0 Å². The van der Waals surface area contributed by atoms with Crippen LogP contribution in [0.4, 0.5) is 0 Å². The molecule has 1 saturated heterocycles. The zero-order valence-electron chi connectivity index (χ0n) is 13.3. The first-order valence-corrected chi connectivity index (χ1v) is 6.76. The molecule has 0 atom stereocenters. The predicted molar refractivity (Wildman–Crippen MR) is 82.2 cm³/mol. The summed E-state index contributed by atoms with van der Waals surface area (Å²) in [4.78, 5) is 4.13. The average molecular weight is 280 g/mol. The van der Waals surface area contributed by atoms with Crippen LogP contribution in [0.5, 0.6) is 0 Å². The van der Waals surface area contributed by atoms with E-state index in [0.29, 0.717) is 11.4 Å². The fourth-order valence-electron chi connectivity index (χ4n) is 1.61. The zero-order valence-corrected chi connectivity index (χ0v) is 13.3. The van der Waals surface area contributed by atoms with Crippen LogP contribution in [0.15, 0.2) is 29.1 Å². The molecule has 0 amide bonds. The predicted octanol–water partition coefficient (Wildman–Crippen LogP) is 2.43. The van der Waals surface area contributed by atoms with E-state index in [-0.39, 0.29) is 6.10 Å². The van der Waals surface area contributed by atoms with E-state index in [2.05, 4.69) is 11.6 Å². The third-order valence-corrected chi connectivity index (χ3v) is 3.45. The first kappa shape index (κ1) is 16.8. The normalized spacial score (nSPS) is 21.8. The molecule has 1 aliphatic rings. The summed E-state index contributed by atoms with van der Waals surface area (Å²) in [5.74, 6) is 0.330. The van der Waals surface area contributed by atoms with Crippen LogP contribution in [-0.4, -0.2) is 30.6 Å². The molecule has 112 valence electrons. The molecule has 1 aliphatic heterocycles. The van der Waals surface area contributed by atoms with Gasteiger partial charge in [0.1, 0.15) is 0 Å². The number of hydrogen-bond acceptors (Lipinski definition) is 5. The Labute approximate surface area is 122 Å². The maximum atomic E-state index is 5.90. The topological polar surface area (TPSA) is 66.1 Å². The van der Waals surface area contributed by atoms with E-state index in [9.17, 15) is 0 Å². The van der Waals surface area contributed by atoms with E-state index < -0.39 is 18.3 Å². The second kappa shape index (κ2) is 6.02. The monoisotopic (exact) mass is 280 g/mol. The van der Waals surface area contributed by atoms with Crippen LogP contribution in [0, 0.1) is 0 Å². The molecule has 6 heteroatoms. The van der Waals surface area contributed by atoms with Crippen LogP contribution in [0.1, 0.15) is 41.5 Å². The highest BCUT2D eigenvalue weighted by molar-refractivity contribution is 6.60. The highest BCUT2D eigenvalue weighted by Crippen LogP contribution is 2.38. The van der Waals surface area contributed by atoms with Crippen molar-refractivity contribution in [3.63, 3.8) is 0 Å². The summed E-state index contributed by atoms with van der Waals surface area (Å²) in [6.07, 6.45) is 3.02. The number of aliphatic imine (C=N–C) groups is 1. The summed E-state index contributed by atoms with van der Waals surface area (Å²) in [7, 11) is -0.541. The van der Waals surface area contributed by atoms with Crippen molar-refractivity contribution < 1.29 is 14.0 Å². The molecular weight excluding hydrogens is 255 g/mol. The van der Waals surface area contributed by atoms with Gasteiger partial charge in [-0.25, -0.2) is 4.99 Å². The minimum absolute atomic E-state index is 0.0294.